The Labute approximate surface area is 121 Å². The summed E-state index contributed by atoms with van der Waals surface area (Å²) in [7, 11) is 0. The van der Waals surface area contributed by atoms with Gasteiger partial charge >= 0.3 is 41.5 Å². The maximum atomic E-state index is 9.60. The number of hydrogen-bond acceptors (Lipinski definition) is 4. The van der Waals surface area contributed by atoms with Gasteiger partial charge in [-0.1, -0.05) is 19.7 Å². The van der Waals surface area contributed by atoms with Gasteiger partial charge in [-0.15, -0.1) is 0 Å². The fraction of sp³-hybridized carbons (Fsp3) is 0.100. The summed E-state index contributed by atoms with van der Waals surface area (Å²) in [5.41, 5.74) is 0.176. The van der Waals surface area contributed by atoms with E-state index in [4.69, 9.17) is 20.1 Å². The zero-order chi connectivity index (χ0) is 13.7. The zero-order valence-electron chi connectivity index (χ0n) is 9.80. The summed E-state index contributed by atoms with van der Waals surface area (Å²) in [4.78, 5) is 28.0. The maximum absolute atomic E-state index is 9.60. The van der Waals surface area contributed by atoms with E-state index in [1.54, 1.807) is 0 Å². The third kappa shape index (κ3) is 53.1. The molecule has 0 unspecified atom stereocenters. The Hall–Kier alpha value is -1.37. The standard InChI is InChI=1S/C4H6O2.2C3H4O2.Na/c1-3(2)4(5)6;2*1-2-3(4)5;/h1H2,2H3,(H,5,6);2*2H,1H2,(H,4,5);/q;;;+1/p-1. The first-order chi connectivity index (χ1) is 7.18. The van der Waals surface area contributed by atoms with Crippen molar-refractivity contribution in [3.05, 3.63) is 37.5 Å². The predicted molar refractivity (Wildman–Crippen MR) is 55.5 cm³/mol. The number of rotatable bonds is 3. The van der Waals surface area contributed by atoms with Crippen molar-refractivity contribution in [3.8, 4) is 0 Å². The molecule has 0 aromatic rings. The van der Waals surface area contributed by atoms with Gasteiger partial charge in [-0.3, -0.25) is 0 Å². The van der Waals surface area contributed by atoms with Gasteiger partial charge in [0.15, 0.2) is 0 Å². The Bertz CT molecular complexity index is 265. The molecule has 0 saturated carbocycles. The molecule has 7 heteroatoms. The summed E-state index contributed by atoms with van der Waals surface area (Å²) in [6, 6.07) is 0. The largest absolute Gasteiger partial charge is 1.00 e. The molecule has 0 spiro atoms. The topological polar surface area (TPSA) is 115 Å². The number of carboxylic acid groups (broad SMARTS) is 3. The third-order valence-corrected chi connectivity index (χ3v) is 0.706. The maximum Gasteiger partial charge on any atom is 1.00 e. The Balaban J connectivity index is -0.0000000729. The Kier molecular flexibility index (Phi) is 24.8. The van der Waals surface area contributed by atoms with Gasteiger partial charge in [-0.05, 0) is 13.0 Å². The van der Waals surface area contributed by atoms with Crippen molar-refractivity contribution in [2.45, 2.75) is 6.92 Å². The minimum atomic E-state index is -1.23. The van der Waals surface area contributed by atoms with Gasteiger partial charge in [0.2, 0.25) is 0 Å². The second-order valence-corrected chi connectivity index (χ2v) is 2.15. The molecule has 0 aromatic carbocycles. The minimum Gasteiger partial charge on any atom is -0.545 e. The number of carbonyl (C=O) groups is 3. The second kappa shape index (κ2) is 17.0. The van der Waals surface area contributed by atoms with Gasteiger partial charge in [0.05, 0.1) is 5.97 Å². The zero-order valence-corrected chi connectivity index (χ0v) is 11.8. The van der Waals surface area contributed by atoms with Crippen molar-refractivity contribution in [2.24, 2.45) is 0 Å². The molecule has 0 radical (unpaired) electrons. The summed E-state index contributed by atoms with van der Waals surface area (Å²) in [6.45, 7) is 10.5. The van der Waals surface area contributed by atoms with E-state index in [1.165, 1.54) is 6.92 Å². The van der Waals surface area contributed by atoms with E-state index in [-0.39, 0.29) is 35.1 Å². The summed E-state index contributed by atoms with van der Waals surface area (Å²) in [6.07, 6.45) is 1.56. The minimum absolute atomic E-state index is 0. The van der Waals surface area contributed by atoms with Crippen LogP contribution >= 0.6 is 0 Å². The van der Waals surface area contributed by atoms with E-state index in [9.17, 15) is 9.59 Å². The van der Waals surface area contributed by atoms with Crippen LogP contribution in [-0.4, -0.2) is 28.1 Å². The quantitative estimate of drug-likeness (QED) is 0.404. The van der Waals surface area contributed by atoms with Crippen LogP contribution in [0.2, 0.25) is 0 Å². The first-order valence-corrected chi connectivity index (χ1v) is 3.76. The first-order valence-electron chi connectivity index (χ1n) is 3.76. The van der Waals surface area contributed by atoms with E-state index < -0.39 is 17.9 Å². The molecule has 0 aliphatic heterocycles. The van der Waals surface area contributed by atoms with Crippen molar-refractivity contribution in [1.29, 1.82) is 0 Å². The van der Waals surface area contributed by atoms with Crippen molar-refractivity contribution < 1.29 is 59.3 Å². The van der Waals surface area contributed by atoms with Gasteiger partial charge in [-0.25, -0.2) is 9.59 Å². The van der Waals surface area contributed by atoms with Crippen LogP contribution in [0.3, 0.4) is 0 Å². The smallest absolute Gasteiger partial charge is 0.545 e. The SMILES string of the molecule is C=C(C)C(=O)O.C=CC(=O)O.C=CC(=O)[O-].[Na+]. The number of carbonyl (C=O) groups excluding carboxylic acids is 1. The van der Waals surface area contributed by atoms with E-state index in [1.807, 2.05) is 0 Å². The first kappa shape index (κ1) is 24.7. The van der Waals surface area contributed by atoms with Crippen LogP contribution in [0.15, 0.2) is 37.5 Å². The normalized spacial score (nSPS) is 6.41. The average molecular weight is 252 g/mol. The molecule has 0 aromatic heterocycles. The van der Waals surface area contributed by atoms with Crippen molar-refractivity contribution >= 4 is 17.9 Å². The number of hydrogen-bond donors (Lipinski definition) is 2. The summed E-state index contributed by atoms with van der Waals surface area (Å²) in [5, 5.41) is 24.6. The molecular weight excluding hydrogens is 239 g/mol. The van der Waals surface area contributed by atoms with Crippen LogP contribution in [0.5, 0.6) is 0 Å². The van der Waals surface area contributed by atoms with Crippen LogP contribution in [0.25, 0.3) is 0 Å². The molecule has 0 aliphatic rings. The Morgan fingerprint density at radius 1 is 1.12 bits per heavy atom. The van der Waals surface area contributed by atoms with Crippen LogP contribution in [0, 0.1) is 0 Å². The fourth-order valence-electron chi connectivity index (χ4n) is 0. The molecule has 0 bridgehead atoms. The molecule has 0 amide bonds. The van der Waals surface area contributed by atoms with Gasteiger partial charge < -0.3 is 20.1 Å². The van der Waals surface area contributed by atoms with Crippen LogP contribution in [-0.2, 0) is 14.4 Å². The number of carboxylic acids is 3. The molecule has 17 heavy (non-hydrogen) atoms. The predicted octanol–water partition coefficient (Wildman–Crippen LogP) is -3.17. The average Bonchev–Trinajstić information content (AvgIpc) is 2.19. The Morgan fingerprint density at radius 2 is 1.29 bits per heavy atom. The molecule has 0 heterocycles. The van der Waals surface area contributed by atoms with Gasteiger partial charge in [-0.2, -0.15) is 0 Å². The Morgan fingerprint density at radius 3 is 1.29 bits per heavy atom. The van der Waals surface area contributed by atoms with Crippen LogP contribution in [0.1, 0.15) is 6.92 Å². The molecule has 0 atom stereocenters. The van der Waals surface area contributed by atoms with Crippen LogP contribution in [0.4, 0.5) is 0 Å². The molecule has 0 aliphatic carbocycles. The number of aliphatic carboxylic acids is 3. The van der Waals surface area contributed by atoms with Crippen LogP contribution < -0.4 is 34.7 Å². The summed E-state index contributed by atoms with van der Waals surface area (Å²) in [5.74, 6) is -3.15. The molecular formula is C10H13NaO6. The van der Waals surface area contributed by atoms with E-state index in [2.05, 4.69) is 19.7 Å². The van der Waals surface area contributed by atoms with Gasteiger partial charge in [0.1, 0.15) is 0 Å². The van der Waals surface area contributed by atoms with Gasteiger partial charge in [0, 0.05) is 11.6 Å². The monoisotopic (exact) mass is 252 g/mol. The molecule has 0 saturated heterocycles. The van der Waals surface area contributed by atoms with Gasteiger partial charge in [0.25, 0.3) is 0 Å². The van der Waals surface area contributed by atoms with Crippen molar-refractivity contribution in [1.82, 2.24) is 0 Å². The molecule has 90 valence electrons. The second-order valence-electron chi connectivity index (χ2n) is 2.15. The summed E-state index contributed by atoms with van der Waals surface area (Å²) < 4.78 is 0. The van der Waals surface area contributed by atoms with E-state index in [0.29, 0.717) is 0 Å². The van der Waals surface area contributed by atoms with Crippen molar-refractivity contribution in [3.63, 3.8) is 0 Å². The van der Waals surface area contributed by atoms with E-state index in [0.717, 1.165) is 12.2 Å². The molecule has 2 N–H and O–H groups in total. The van der Waals surface area contributed by atoms with E-state index >= 15 is 0 Å². The fourth-order valence-corrected chi connectivity index (χ4v) is 0. The molecule has 6 nitrogen and oxygen atoms in total. The third-order valence-electron chi connectivity index (χ3n) is 0.706. The molecule has 0 rings (SSSR count). The summed E-state index contributed by atoms with van der Waals surface area (Å²) >= 11 is 0. The molecule has 0 fully saturated rings. The van der Waals surface area contributed by atoms with Crippen molar-refractivity contribution in [2.75, 3.05) is 0 Å².